The number of hydrogen-bond donors (Lipinski definition) is 2. The van der Waals surface area contributed by atoms with Gasteiger partial charge in [-0.3, -0.25) is 0 Å². The normalized spacial score (nSPS) is 10.5. The molecular weight excluding hydrogens is 254 g/mol. The highest BCUT2D eigenvalue weighted by molar-refractivity contribution is 7.99. The zero-order valence-electron chi connectivity index (χ0n) is 10.3. The van der Waals surface area contributed by atoms with Crippen molar-refractivity contribution in [2.45, 2.75) is 29.9 Å². The maximum Gasteiger partial charge on any atom is 0.190 e. The van der Waals surface area contributed by atoms with Gasteiger partial charge >= 0.3 is 0 Å². The first-order valence-corrected chi connectivity index (χ1v) is 7.91. The first-order chi connectivity index (χ1) is 8.30. The lowest BCUT2D eigenvalue weighted by atomic mass is 10.4. The summed E-state index contributed by atoms with van der Waals surface area (Å²) in [6.07, 6.45) is 3.84. The van der Waals surface area contributed by atoms with Gasteiger partial charge in [-0.1, -0.05) is 18.7 Å². The molecule has 0 spiro atoms. The maximum absolute atomic E-state index is 8.75. The molecule has 96 valence electrons. The van der Waals surface area contributed by atoms with E-state index in [0.717, 1.165) is 41.1 Å². The summed E-state index contributed by atoms with van der Waals surface area (Å²) in [5, 5.41) is 13.8. The van der Waals surface area contributed by atoms with Crippen molar-refractivity contribution in [3.63, 3.8) is 0 Å². The number of rotatable bonds is 8. The lowest BCUT2D eigenvalue weighted by Crippen LogP contribution is -2.03. The van der Waals surface area contributed by atoms with Crippen LogP contribution in [0.3, 0.4) is 0 Å². The molecule has 2 N–H and O–H groups in total. The quantitative estimate of drug-likeness (QED) is 0.328. The van der Waals surface area contributed by atoms with Gasteiger partial charge in [0.25, 0.3) is 0 Å². The van der Waals surface area contributed by atoms with Gasteiger partial charge in [-0.05, 0) is 19.1 Å². The largest absolute Gasteiger partial charge is 0.396 e. The first-order valence-electron chi connectivity index (χ1n) is 5.70. The summed E-state index contributed by atoms with van der Waals surface area (Å²) in [6.45, 7) is 3.28. The van der Waals surface area contributed by atoms with Gasteiger partial charge in [0, 0.05) is 25.0 Å². The zero-order valence-corrected chi connectivity index (χ0v) is 11.9. The molecule has 0 aliphatic carbocycles. The molecule has 0 saturated heterocycles. The summed E-state index contributed by atoms with van der Waals surface area (Å²) in [7, 11) is 0. The predicted molar refractivity (Wildman–Crippen MR) is 75.0 cm³/mol. The third kappa shape index (κ3) is 5.61. The highest BCUT2D eigenvalue weighted by Crippen LogP contribution is 2.22. The predicted octanol–water partition coefficient (Wildman–Crippen LogP) is 2.49. The molecule has 1 aromatic rings. The molecule has 0 amide bonds. The Morgan fingerprint density at radius 1 is 1.41 bits per heavy atom. The fourth-order valence-electron chi connectivity index (χ4n) is 1.15. The van der Waals surface area contributed by atoms with Gasteiger partial charge < -0.3 is 10.4 Å². The molecule has 0 fully saturated rings. The molecule has 0 unspecified atom stereocenters. The van der Waals surface area contributed by atoms with Crippen LogP contribution in [0, 0.1) is 0 Å². The molecule has 17 heavy (non-hydrogen) atoms. The fraction of sp³-hybridized carbons (Fsp3) is 0.636. The average molecular weight is 273 g/mol. The van der Waals surface area contributed by atoms with Crippen molar-refractivity contribution in [3.05, 3.63) is 6.07 Å². The van der Waals surface area contributed by atoms with Crippen LogP contribution in [0.1, 0.15) is 19.8 Å². The van der Waals surface area contributed by atoms with Crippen molar-refractivity contribution in [3.8, 4) is 0 Å². The Labute approximate surface area is 111 Å². The minimum atomic E-state index is 0.231. The van der Waals surface area contributed by atoms with Gasteiger partial charge in [-0.25, -0.2) is 9.97 Å². The lowest BCUT2D eigenvalue weighted by Gasteiger charge is -2.07. The van der Waals surface area contributed by atoms with Gasteiger partial charge in [0.2, 0.25) is 0 Å². The van der Waals surface area contributed by atoms with E-state index in [-0.39, 0.29) is 6.61 Å². The van der Waals surface area contributed by atoms with Crippen molar-refractivity contribution < 1.29 is 5.11 Å². The standard InChI is InChI=1S/C11H19N3OS2/c1-3-5-12-9-8-10(17-7-4-6-15)14-11(13-9)16-2/h8,15H,3-7H2,1-2H3,(H,12,13,14). The Balaban J connectivity index is 2.67. The highest BCUT2D eigenvalue weighted by atomic mass is 32.2. The molecule has 1 aromatic heterocycles. The van der Waals surface area contributed by atoms with Gasteiger partial charge in [0.1, 0.15) is 10.8 Å². The zero-order chi connectivity index (χ0) is 12.5. The van der Waals surface area contributed by atoms with Crippen LogP contribution in [-0.2, 0) is 0 Å². The van der Waals surface area contributed by atoms with Crippen molar-refractivity contribution >= 4 is 29.3 Å². The molecule has 0 bridgehead atoms. The maximum atomic E-state index is 8.75. The number of anilines is 1. The SMILES string of the molecule is CCCNc1cc(SCCCO)nc(SC)n1. The van der Waals surface area contributed by atoms with Crippen LogP contribution in [-0.4, -0.2) is 40.2 Å². The molecule has 0 radical (unpaired) electrons. The molecule has 1 heterocycles. The summed E-state index contributed by atoms with van der Waals surface area (Å²) in [4.78, 5) is 8.82. The molecule has 6 heteroatoms. The Morgan fingerprint density at radius 2 is 2.24 bits per heavy atom. The Kier molecular flexibility index (Phi) is 7.39. The van der Waals surface area contributed by atoms with Crippen LogP contribution < -0.4 is 5.32 Å². The first kappa shape index (κ1) is 14.6. The Morgan fingerprint density at radius 3 is 2.88 bits per heavy atom. The molecule has 0 aliphatic rings. The van der Waals surface area contributed by atoms with E-state index in [9.17, 15) is 0 Å². The molecule has 0 atom stereocenters. The van der Waals surface area contributed by atoms with Crippen molar-refractivity contribution in [2.75, 3.05) is 30.5 Å². The second-order valence-corrected chi connectivity index (χ2v) is 5.32. The monoisotopic (exact) mass is 273 g/mol. The average Bonchev–Trinajstić information content (AvgIpc) is 2.36. The summed E-state index contributed by atoms with van der Waals surface area (Å²) < 4.78 is 0. The van der Waals surface area contributed by atoms with E-state index in [4.69, 9.17) is 5.11 Å². The van der Waals surface area contributed by atoms with Crippen LogP contribution in [0.4, 0.5) is 5.82 Å². The number of aromatic nitrogens is 2. The van der Waals surface area contributed by atoms with E-state index in [0.29, 0.717) is 0 Å². The summed E-state index contributed by atoms with van der Waals surface area (Å²) in [5.41, 5.74) is 0. The van der Waals surface area contributed by atoms with Crippen LogP contribution in [0.5, 0.6) is 0 Å². The van der Waals surface area contributed by atoms with Crippen LogP contribution >= 0.6 is 23.5 Å². The second-order valence-electron chi connectivity index (χ2n) is 3.43. The summed E-state index contributed by atoms with van der Waals surface area (Å²) in [6, 6.07) is 1.97. The number of nitrogens with one attached hydrogen (secondary N) is 1. The van der Waals surface area contributed by atoms with E-state index < -0.39 is 0 Å². The fourth-order valence-corrected chi connectivity index (χ4v) is 2.42. The van der Waals surface area contributed by atoms with Gasteiger partial charge in [-0.2, -0.15) is 0 Å². The summed E-state index contributed by atoms with van der Waals surface area (Å²) >= 11 is 3.20. The Hall–Kier alpha value is -0.460. The van der Waals surface area contributed by atoms with E-state index in [1.165, 1.54) is 0 Å². The third-order valence-electron chi connectivity index (χ3n) is 1.97. The van der Waals surface area contributed by atoms with E-state index >= 15 is 0 Å². The number of hydrogen-bond acceptors (Lipinski definition) is 6. The number of nitrogens with zero attached hydrogens (tertiary/aromatic N) is 2. The minimum absolute atomic E-state index is 0.231. The van der Waals surface area contributed by atoms with E-state index in [1.54, 1.807) is 23.5 Å². The summed E-state index contributed by atoms with van der Waals surface area (Å²) in [5.74, 6) is 1.77. The third-order valence-corrected chi connectivity index (χ3v) is 3.52. The number of aliphatic hydroxyl groups is 1. The van der Waals surface area contributed by atoms with E-state index in [2.05, 4.69) is 22.2 Å². The molecule has 0 aromatic carbocycles. The molecule has 4 nitrogen and oxygen atoms in total. The number of aliphatic hydroxyl groups excluding tert-OH is 1. The Bertz CT molecular complexity index is 336. The second kappa shape index (κ2) is 8.60. The van der Waals surface area contributed by atoms with E-state index in [1.807, 2.05) is 12.3 Å². The molecular formula is C11H19N3OS2. The minimum Gasteiger partial charge on any atom is -0.396 e. The van der Waals surface area contributed by atoms with Crippen molar-refractivity contribution in [1.29, 1.82) is 0 Å². The van der Waals surface area contributed by atoms with Crippen LogP contribution in [0.2, 0.25) is 0 Å². The van der Waals surface area contributed by atoms with Crippen molar-refractivity contribution in [1.82, 2.24) is 9.97 Å². The van der Waals surface area contributed by atoms with Crippen LogP contribution in [0.25, 0.3) is 0 Å². The smallest absolute Gasteiger partial charge is 0.190 e. The topological polar surface area (TPSA) is 58.0 Å². The molecule has 0 saturated carbocycles. The molecule has 1 rings (SSSR count). The lowest BCUT2D eigenvalue weighted by molar-refractivity contribution is 0.296. The molecule has 0 aliphatic heterocycles. The number of thioether (sulfide) groups is 2. The van der Waals surface area contributed by atoms with Crippen LogP contribution in [0.15, 0.2) is 16.2 Å². The van der Waals surface area contributed by atoms with Crippen molar-refractivity contribution in [2.24, 2.45) is 0 Å². The highest BCUT2D eigenvalue weighted by Gasteiger charge is 2.04. The van der Waals surface area contributed by atoms with Gasteiger partial charge in [0.15, 0.2) is 5.16 Å². The van der Waals surface area contributed by atoms with Gasteiger partial charge in [0.05, 0.1) is 0 Å². The van der Waals surface area contributed by atoms with Gasteiger partial charge in [-0.15, -0.1) is 11.8 Å².